The van der Waals surface area contributed by atoms with E-state index in [0.717, 1.165) is 49.6 Å². The summed E-state index contributed by atoms with van der Waals surface area (Å²) in [6.45, 7) is 6.13. The van der Waals surface area contributed by atoms with E-state index in [4.69, 9.17) is 9.47 Å². The van der Waals surface area contributed by atoms with Crippen molar-refractivity contribution >= 4 is 5.91 Å². The first-order chi connectivity index (χ1) is 15.5. The Bertz CT molecular complexity index is 885. The van der Waals surface area contributed by atoms with E-state index in [0.29, 0.717) is 37.4 Å². The van der Waals surface area contributed by atoms with E-state index in [1.54, 1.807) is 0 Å². The lowest BCUT2D eigenvalue weighted by molar-refractivity contribution is -0.0475. The van der Waals surface area contributed by atoms with Gasteiger partial charge < -0.3 is 24.8 Å². The number of nitrogens with zero attached hydrogens (tertiary/aromatic N) is 1. The van der Waals surface area contributed by atoms with E-state index in [1.165, 1.54) is 0 Å². The molecule has 0 saturated carbocycles. The Kier molecular flexibility index (Phi) is 7.33. The van der Waals surface area contributed by atoms with Crippen LogP contribution in [0.3, 0.4) is 0 Å². The summed E-state index contributed by atoms with van der Waals surface area (Å²) in [5.41, 5.74) is 0.866. The second-order valence-electron chi connectivity index (χ2n) is 9.15. The lowest BCUT2D eigenvalue weighted by Crippen LogP contribution is -2.49. The predicted molar refractivity (Wildman–Crippen MR) is 124 cm³/mol. The number of rotatable bonds is 7. The van der Waals surface area contributed by atoms with E-state index < -0.39 is 5.60 Å². The molecule has 6 heteroatoms. The Hall–Kier alpha value is -2.57. The minimum Gasteiger partial charge on any atom is -0.493 e. The molecule has 0 radical (unpaired) electrons. The Morgan fingerprint density at radius 2 is 1.78 bits per heavy atom. The number of carbonyl (C=O) groups is 1. The van der Waals surface area contributed by atoms with E-state index in [9.17, 15) is 9.90 Å². The fourth-order valence-corrected chi connectivity index (χ4v) is 4.33. The number of nitrogens with one attached hydrogen (secondary N) is 1. The molecule has 2 aliphatic rings. The van der Waals surface area contributed by atoms with Crippen molar-refractivity contribution in [2.75, 3.05) is 39.4 Å². The number of aryl methyl sites for hydroxylation is 1. The highest BCUT2D eigenvalue weighted by atomic mass is 16.5. The standard InChI is InChI=1S/C26H34N2O4/c1-20-3-2-4-24(17-20)32-19-26(30)11-15-28(16-12-26)25(29)22-5-7-23(8-6-22)31-18-21-9-13-27-14-10-21/h2-8,17,21,27,30H,9-16,18-19H2,1H3. The van der Waals surface area contributed by atoms with Gasteiger partial charge in [-0.05, 0) is 93.6 Å². The molecule has 2 aromatic rings. The second-order valence-corrected chi connectivity index (χ2v) is 9.15. The van der Waals surface area contributed by atoms with Crippen molar-refractivity contribution < 1.29 is 19.4 Å². The largest absolute Gasteiger partial charge is 0.493 e. The summed E-state index contributed by atoms with van der Waals surface area (Å²) in [6.07, 6.45) is 3.30. The van der Waals surface area contributed by atoms with Gasteiger partial charge in [0, 0.05) is 18.7 Å². The Labute approximate surface area is 190 Å². The molecule has 0 unspecified atom stereocenters. The van der Waals surface area contributed by atoms with Crippen molar-refractivity contribution in [3.05, 3.63) is 59.7 Å². The topological polar surface area (TPSA) is 71.0 Å². The summed E-state index contributed by atoms with van der Waals surface area (Å²) < 4.78 is 11.7. The van der Waals surface area contributed by atoms with Crippen molar-refractivity contribution in [1.82, 2.24) is 10.2 Å². The van der Waals surface area contributed by atoms with Crippen LogP contribution in [-0.4, -0.2) is 60.9 Å². The van der Waals surface area contributed by atoms with Crippen LogP contribution in [0.25, 0.3) is 0 Å². The maximum atomic E-state index is 12.9. The van der Waals surface area contributed by atoms with Crippen molar-refractivity contribution in [2.45, 2.75) is 38.2 Å². The van der Waals surface area contributed by atoms with E-state index in [-0.39, 0.29) is 12.5 Å². The molecule has 2 fully saturated rings. The molecule has 2 saturated heterocycles. The maximum absolute atomic E-state index is 12.9. The van der Waals surface area contributed by atoms with Gasteiger partial charge in [0.1, 0.15) is 23.7 Å². The van der Waals surface area contributed by atoms with Gasteiger partial charge in [0.25, 0.3) is 5.91 Å². The molecule has 2 aliphatic heterocycles. The van der Waals surface area contributed by atoms with Gasteiger partial charge in [-0.3, -0.25) is 4.79 Å². The Balaban J connectivity index is 1.24. The molecule has 6 nitrogen and oxygen atoms in total. The molecular formula is C26H34N2O4. The van der Waals surface area contributed by atoms with E-state index in [1.807, 2.05) is 60.4 Å². The van der Waals surface area contributed by atoms with Crippen LogP contribution >= 0.6 is 0 Å². The zero-order chi connectivity index (χ0) is 22.4. The molecule has 172 valence electrons. The summed E-state index contributed by atoms with van der Waals surface area (Å²) in [6, 6.07) is 15.2. The third-order valence-corrected chi connectivity index (χ3v) is 6.52. The van der Waals surface area contributed by atoms with Gasteiger partial charge in [-0.1, -0.05) is 12.1 Å². The quantitative estimate of drug-likeness (QED) is 0.693. The first-order valence-corrected chi connectivity index (χ1v) is 11.7. The lowest BCUT2D eigenvalue weighted by Gasteiger charge is -2.38. The highest BCUT2D eigenvalue weighted by Crippen LogP contribution is 2.26. The minimum absolute atomic E-state index is 0.00319. The van der Waals surface area contributed by atoms with Gasteiger partial charge >= 0.3 is 0 Å². The van der Waals surface area contributed by atoms with Gasteiger partial charge in [0.05, 0.1) is 6.61 Å². The average molecular weight is 439 g/mol. The van der Waals surface area contributed by atoms with Crippen LogP contribution in [0.4, 0.5) is 0 Å². The molecule has 0 bridgehead atoms. The average Bonchev–Trinajstić information content (AvgIpc) is 2.83. The van der Waals surface area contributed by atoms with Crippen molar-refractivity contribution in [3.63, 3.8) is 0 Å². The van der Waals surface area contributed by atoms with Crippen molar-refractivity contribution in [2.24, 2.45) is 5.92 Å². The van der Waals surface area contributed by atoms with E-state index >= 15 is 0 Å². The number of ether oxygens (including phenoxy) is 2. The van der Waals surface area contributed by atoms with Crippen molar-refractivity contribution in [3.8, 4) is 11.5 Å². The fraction of sp³-hybridized carbons (Fsp3) is 0.500. The molecular weight excluding hydrogens is 404 g/mol. The first kappa shape index (κ1) is 22.6. The number of carbonyl (C=O) groups excluding carboxylic acids is 1. The Morgan fingerprint density at radius 1 is 1.06 bits per heavy atom. The molecule has 2 aromatic carbocycles. The molecule has 2 heterocycles. The van der Waals surface area contributed by atoms with Crippen LogP contribution in [0.15, 0.2) is 48.5 Å². The third kappa shape index (κ3) is 6.02. The monoisotopic (exact) mass is 438 g/mol. The summed E-state index contributed by atoms with van der Waals surface area (Å²) in [5.74, 6) is 2.16. The summed E-state index contributed by atoms with van der Waals surface area (Å²) >= 11 is 0. The fourth-order valence-electron chi connectivity index (χ4n) is 4.33. The van der Waals surface area contributed by atoms with Crippen LogP contribution in [0.2, 0.25) is 0 Å². The smallest absolute Gasteiger partial charge is 0.253 e. The molecule has 0 aromatic heterocycles. The predicted octanol–water partition coefficient (Wildman–Crippen LogP) is 3.42. The zero-order valence-electron chi connectivity index (χ0n) is 18.9. The van der Waals surface area contributed by atoms with Crippen molar-refractivity contribution in [1.29, 1.82) is 0 Å². The number of likely N-dealkylation sites (tertiary alicyclic amines) is 1. The molecule has 32 heavy (non-hydrogen) atoms. The zero-order valence-corrected chi connectivity index (χ0v) is 18.9. The van der Waals surface area contributed by atoms with Gasteiger partial charge in [0.15, 0.2) is 0 Å². The molecule has 0 aliphatic carbocycles. The van der Waals surface area contributed by atoms with Crippen LogP contribution in [-0.2, 0) is 0 Å². The summed E-state index contributed by atoms with van der Waals surface area (Å²) in [4.78, 5) is 14.7. The number of benzene rings is 2. The summed E-state index contributed by atoms with van der Waals surface area (Å²) in [7, 11) is 0. The number of amides is 1. The third-order valence-electron chi connectivity index (χ3n) is 6.52. The molecule has 0 atom stereocenters. The van der Waals surface area contributed by atoms with Gasteiger partial charge in [-0.2, -0.15) is 0 Å². The number of aliphatic hydroxyl groups is 1. The molecule has 4 rings (SSSR count). The number of hydrogen-bond donors (Lipinski definition) is 2. The maximum Gasteiger partial charge on any atom is 0.253 e. The van der Waals surface area contributed by atoms with Crippen LogP contribution in [0.5, 0.6) is 11.5 Å². The second kappa shape index (κ2) is 10.4. The normalized spacial score (nSPS) is 18.9. The number of hydrogen-bond acceptors (Lipinski definition) is 5. The van der Waals surface area contributed by atoms with Gasteiger partial charge in [-0.25, -0.2) is 0 Å². The van der Waals surface area contributed by atoms with E-state index in [2.05, 4.69) is 5.32 Å². The highest BCUT2D eigenvalue weighted by molar-refractivity contribution is 5.94. The lowest BCUT2D eigenvalue weighted by atomic mass is 9.92. The first-order valence-electron chi connectivity index (χ1n) is 11.7. The minimum atomic E-state index is -0.910. The SMILES string of the molecule is Cc1cccc(OCC2(O)CCN(C(=O)c3ccc(OCC4CCNCC4)cc3)CC2)c1. The summed E-state index contributed by atoms with van der Waals surface area (Å²) in [5, 5.41) is 14.3. The van der Waals surface area contributed by atoms with Gasteiger partial charge in [0.2, 0.25) is 0 Å². The van der Waals surface area contributed by atoms with Crippen LogP contribution in [0, 0.1) is 12.8 Å². The highest BCUT2D eigenvalue weighted by Gasteiger charge is 2.35. The Morgan fingerprint density at radius 3 is 2.47 bits per heavy atom. The van der Waals surface area contributed by atoms with Crippen LogP contribution in [0.1, 0.15) is 41.6 Å². The molecule has 2 N–H and O–H groups in total. The molecule has 1 amide bonds. The van der Waals surface area contributed by atoms with Gasteiger partial charge in [-0.15, -0.1) is 0 Å². The van der Waals surface area contributed by atoms with Crippen LogP contribution < -0.4 is 14.8 Å². The molecule has 0 spiro atoms. The number of piperidine rings is 2.